The molecule has 1 aromatic rings. The van der Waals surface area contributed by atoms with E-state index in [1.165, 1.54) is 7.11 Å². The molecule has 1 aromatic carbocycles. The van der Waals surface area contributed by atoms with Gasteiger partial charge in [0.2, 0.25) is 0 Å². The number of amides is 2. The van der Waals surface area contributed by atoms with Gasteiger partial charge in [-0.15, -0.1) is 0 Å². The van der Waals surface area contributed by atoms with Crippen LogP contribution in [0.3, 0.4) is 0 Å². The first-order chi connectivity index (χ1) is 10.1. The van der Waals surface area contributed by atoms with Gasteiger partial charge in [-0.05, 0) is 12.1 Å². The van der Waals surface area contributed by atoms with Gasteiger partial charge in [-0.25, -0.2) is 4.79 Å². The molecular formula is C14H18N3O4+. The SMILES string of the molecule is COC(=O)c1ccccc1NC(=O)C[NH+]1CCNC(=O)C1. The first-order valence-corrected chi connectivity index (χ1v) is 6.67. The van der Waals surface area contributed by atoms with E-state index in [1.54, 1.807) is 24.3 Å². The zero-order valence-electron chi connectivity index (χ0n) is 11.8. The number of nitrogens with one attached hydrogen (secondary N) is 3. The van der Waals surface area contributed by atoms with Crippen molar-refractivity contribution < 1.29 is 24.0 Å². The third-order valence-electron chi connectivity index (χ3n) is 3.23. The number of anilines is 1. The van der Waals surface area contributed by atoms with Crippen LogP contribution in [0.15, 0.2) is 24.3 Å². The van der Waals surface area contributed by atoms with Gasteiger partial charge in [0.25, 0.3) is 11.8 Å². The number of carbonyl (C=O) groups is 3. The first-order valence-electron chi connectivity index (χ1n) is 6.67. The average molecular weight is 292 g/mol. The second kappa shape index (κ2) is 6.85. The van der Waals surface area contributed by atoms with Crippen LogP contribution in [0.5, 0.6) is 0 Å². The summed E-state index contributed by atoms with van der Waals surface area (Å²) in [5.74, 6) is -0.800. The molecule has 1 unspecified atom stereocenters. The number of quaternary nitrogens is 1. The van der Waals surface area contributed by atoms with Crippen molar-refractivity contribution in [3.63, 3.8) is 0 Å². The van der Waals surface area contributed by atoms with Crippen molar-refractivity contribution in [1.82, 2.24) is 5.32 Å². The molecule has 1 aliphatic heterocycles. The minimum absolute atomic E-state index is 0.0565. The third-order valence-corrected chi connectivity index (χ3v) is 3.23. The molecule has 0 saturated carbocycles. The van der Waals surface area contributed by atoms with Gasteiger partial charge in [0.1, 0.15) is 0 Å². The number of carbonyl (C=O) groups excluding carboxylic acids is 3. The molecule has 1 saturated heterocycles. The molecule has 7 heteroatoms. The highest BCUT2D eigenvalue weighted by Gasteiger charge is 2.23. The van der Waals surface area contributed by atoms with E-state index in [2.05, 4.69) is 15.4 Å². The van der Waals surface area contributed by atoms with E-state index in [9.17, 15) is 14.4 Å². The molecule has 1 aliphatic rings. The number of ether oxygens (including phenoxy) is 1. The Labute approximate surface area is 122 Å². The lowest BCUT2D eigenvalue weighted by molar-refractivity contribution is -0.885. The molecule has 0 radical (unpaired) electrons. The molecule has 0 aromatic heterocycles. The van der Waals surface area contributed by atoms with E-state index in [-0.39, 0.29) is 24.9 Å². The number of esters is 1. The number of piperazine rings is 1. The monoisotopic (exact) mass is 292 g/mol. The highest BCUT2D eigenvalue weighted by molar-refractivity contribution is 6.01. The second-order valence-electron chi connectivity index (χ2n) is 4.79. The van der Waals surface area contributed by atoms with Crippen LogP contribution in [0.1, 0.15) is 10.4 Å². The van der Waals surface area contributed by atoms with Crippen LogP contribution >= 0.6 is 0 Å². The van der Waals surface area contributed by atoms with Gasteiger partial charge >= 0.3 is 5.97 Å². The standard InChI is InChI=1S/C14H17N3O4/c1-21-14(20)10-4-2-3-5-11(10)16-13(19)9-17-7-6-15-12(18)8-17/h2-5H,6-9H2,1H3,(H,15,18)(H,16,19)/p+1. The zero-order chi connectivity index (χ0) is 15.2. The Kier molecular flexibility index (Phi) is 4.89. The number of benzene rings is 1. The number of hydrogen-bond donors (Lipinski definition) is 3. The van der Waals surface area contributed by atoms with E-state index < -0.39 is 5.97 Å². The fourth-order valence-corrected chi connectivity index (χ4v) is 2.21. The predicted octanol–water partition coefficient (Wildman–Crippen LogP) is -1.57. The molecule has 2 rings (SSSR count). The third kappa shape index (κ3) is 4.03. The Morgan fingerprint density at radius 1 is 1.38 bits per heavy atom. The van der Waals surface area contributed by atoms with Crippen LogP contribution in [0.25, 0.3) is 0 Å². The second-order valence-corrected chi connectivity index (χ2v) is 4.79. The Morgan fingerprint density at radius 3 is 2.86 bits per heavy atom. The molecule has 0 aliphatic carbocycles. The Balaban J connectivity index is 1.99. The van der Waals surface area contributed by atoms with Gasteiger partial charge in [-0.3, -0.25) is 9.59 Å². The molecule has 3 N–H and O–H groups in total. The Morgan fingerprint density at radius 2 is 2.14 bits per heavy atom. The highest BCUT2D eigenvalue weighted by Crippen LogP contribution is 2.15. The molecule has 0 bridgehead atoms. The van der Waals surface area contributed by atoms with E-state index in [1.807, 2.05) is 0 Å². The lowest BCUT2D eigenvalue weighted by atomic mass is 10.2. The highest BCUT2D eigenvalue weighted by atomic mass is 16.5. The summed E-state index contributed by atoms with van der Waals surface area (Å²) in [4.78, 5) is 35.8. The van der Waals surface area contributed by atoms with Gasteiger partial charge in [-0.2, -0.15) is 0 Å². The number of rotatable bonds is 4. The fourth-order valence-electron chi connectivity index (χ4n) is 2.21. The van der Waals surface area contributed by atoms with Crippen LogP contribution in [0, 0.1) is 0 Å². The van der Waals surface area contributed by atoms with Crippen molar-refractivity contribution in [2.24, 2.45) is 0 Å². The lowest BCUT2D eigenvalue weighted by Gasteiger charge is -2.23. The summed E-state index contributed by atoms with van der Waals surface area (Å²) in [7, 11) is 1.29. The molecule has 1 atom stereocenters. The van der Waals surface area contributed by atoms with Crippen molar-refractivity contribution >= 4 is 23.5 Å². The van der Waals surface area contributed by atoms with Gasteiger partial charge in [0.15, 0.2) is 13.1 Å². The molecular weight excluding hydrogens is 274 g/mol. The van der Waals surface area contributed by atoms with Crippen LogP contribution in [-0.2, 0) is 14.3 Å². The normalized spacial score (nSPS) is 17.8. The van der Waals surface area contributed by atoms with Gasteiger partial charge in [0.05, 0.1) is 31.5 Å². The average Bonchev–Trinajstić information content (AvgIpc) is 2.47. The van der Waals surface area contributed by atoms with Crippen LogP contribution in [-0.4, -0.2) is 51.1 Å². The maximum absolute atomic E-state index is 12.0. The van der Waals surface area contributed by atoms with Crippen LogP contribution in [0.2, 0.25) is 0 Å². The number of methoxy groups -OCH3 is 1. The topological polar surface area (TPSA) is 88.9 Å². The van der Waals surface area contributed by atoms with Crippen molar-refractivity contribution in [3.8, 4) is 0 Å². The van der Waals surface area contributed by atoms with Gasteiger partial charge in [-0.1, -0.05) is 12.1 Å². The number of hydrogen-bond acceptors (Lipinski definition) is 4. The van der Waals surface area contributed by atoms with Gasteiger partial charge < -0.3 is 20.3 Å². The van der Waals surface area contributed by atoms with E-state index >= 15 is 0 Å². The summed E-state index contributed by atoms with van der Waals surface area (Å²) in [5, 5.41) is 5.41. The quantitative estimate of drug-likeness (QED) is 0.585. The minimum Gasteiger partial charge on any atom is -0.465 e. The summed E-state index contributed by atoms with van der Waals surface area (Å²) in [6.45, 7) is 1.74. The van der Waals surface area contributed by atoms with Crippen molar-refractivity contribution in [3.05, 3.63) is 29.8 Å². The summed E-state index contributed by atoms with van der Waals surface area (Å²) in [6.07, 6.45) is 0. The molecule has 2 amide bonds. The van der Waals surface area contributed by atoms with Gasteiger partial charge in [0, 0.05) is 0 Å². The smallest absolute Gasteiger partial charge is 0.339 e. The number of para-hydroxylation sites is 1. The summed E-state index contributed by atoms with van der Waals surface area (Å²) < 4.78 is 4.67. The predicted molar refractivity (Wildman–Crippen MR) is 75.0 cm³/mol. The summed E-state index contributed by atoms with van der Waals surface area (Å²) in [6, 6.07) is 6.65. The molecule has 7 nitrogen and oxygen atoms in total. The van der Waals surface area contributed by atoms with E-state index in [4.69, 9.17) is 0 Å². The van der Waals surface area contributed by atoms with Crippen molar-refractivity contribution in [1.29, 1.82) is 0 Å². The van der Waals surface area contributed by atoms with Crippen molar-refractivity contribution in [2.45, 2.75) is 0 Å². The fraction of sp³-hybridized carbons (Fsp3) is 0.357. The van der Waals surface area contributed by atoms with Crippen molar-refractivity contribution in [2.75, 3.05) is 38.6 Å². The maximum Gasteiger partial charge on any atom is 0.339 e. The molecule has 1 heterocycles. The minimum atomic E-state index is -0.504. The lowest BCUT2D eigenvalue weighted by Crippen LogP contribution is -3.16. The van der Waals surface area contributed by atoms with E-state index in [0.717, 1.165) is 4.90 Å². The largest absolute Gasteiger partial charge is 0.465 e. The molecule has 21 heavy (non-hydrogen) atoms. The Hall–Kier alpha value is -2.41. The summed E-state index contributed by atoms with van der Waals surface area (Å²) >= 11 is 0. The first kappa shape index (κ1) is 15.0. The Bertz CT molecular complexity index is 559. The molecule has 0 spiro atoms. The van der Waals surface area contributed by atoms with Crippen LogP contribution in [0.4, 0.5) is 5.69 Å². The summed E-state index contributed by atoms with van der Waals surface area (Å²) in [5.41, 5.74) is 0.718. The van der Waals surface area contributed by atoms with E-state index in [0.29, 0.717) is 24.3 Å². The van der Waals surface area contributed by atoms with Crippen LogP contribution < -0.4 is 15.5 Å². The maximum atomic E-state index is 12.0. The zero-order valence-corrected chi connectivity index (χ0v) is 11.8. The molecule has 112 valence electrons. The molecule has 1 fully saturated rings.